The summed E-state index contributed by atoms with van der Waals surface area (Å²) in [4.78, 5) is 12.2. The van der Waals surface area contributed by atoms with Gasteiger partial charge in [0.1, 0.15) is 12.7 Å². The minimum absolute atomic E-state index is 0.0113. The van der Waals surface area contributed by atoms with Crippen molar-refractivity contribution in [2.45, 2.75) is 24.5 Å². The third-order valence-electron chi connectivity index (χ3n) is 5.70. The molecular weight excluding hydrogens is 494 g/mol. The van der Waals surface area contributed by atoms with Crippen molar-refractivity contribution in [1.29, 1.82) is 0 Å². The molecule has 4 rings (SSSR count). The molecule has 3 aromatic rings. The van der Waals surface area contributed by atoms with Crippen LogP contribution in [0, 0.1) is 0 Å². The Kier molecular flexibility index (Phi) is 7.16. The molecule has 0 aliphatic heterocycles. The van der Waals surface area contributed by atoms with E-state index in [-0.39, 0.29) is 25.5 Å². The molecule has 0 radical (unpaired) electrons. The van der Waals surface area contributed by atoms with Crippen LogP contribution in [-0.4, -0.2) is 35.6 Å². The Morgan fingerprint density at radius 1 is 1.03 bits per heavy atom. The van der Waals surface area contributed by atoms with Crippen LogP contribution in [0.4, 0.5) is 4.79 Å². The van der Waals surface area contributed by atoms with Crippen molar-refractivity contribution in [3.8, 4) is 11.1 Å². The number of aliphatic hydroxyl groups is 2. The Morgan fingerprint density at radius 2 is 1.66 bits per heavy atom. The Bertz CT molecular complexity index is 1080. The molecule has 1 amide bonds. The molecule has 166 valence electrons. The van der Waals surface area contributed by atoms with Gasteiger partial charge in [0, 0.05) is 22.0 Å². The van der Waals surface area contributed by atoms with Crippen molar-refractivity contribution >= 4 is 33.6 Å². The third kappa shape index (κ3) is 4.84. The predicted molar refractivity (Wildman–Crippen MR) is 128 cm³/mol. The smallest absolute Gasteiger partial charge is 0.407 e. The fourth-order valence-corrected chi connectivity index (χ4v) is 5.00. The van der Waals surface area contributed by atoms with Crippen LogP contribution < -0.4 is 5.32 Å². The summed E-state index contributed by atoms with van der Waals surface area (Å²) in [7, 11) is 0. The number of halogens is 2. The van der Waals surface area contributed by atoms with Crippen LogP contribution in [0.15, 0.2) is 71.2 Å². The van der Waals surface area contributed by atoms with Crippen molar-refractivity contribution in [2.24, 2.45) is 0 Å². The van der Waals surface area contributed by atoms with E-state index < -0.39 is 18.3 Å². The first-order valence-corrected chi connectivity index (χ1v) is 11.5. The van der Waals surface area contributed by atoms with E-state index in [2.05, 4.69) is 45.5 Å². The summed E-state index contributed by atoms with van der Waals surface area (Å²) in [6.45, 7) is 0.392. The van der Waals surface area contributed by atoms with Gasteiger partial charge in [0.15, 0.2) is 0 Å². The van der Waals surface area contributed by atoms with Crippen LogP contribution in [0.5, 0.6) is 0 Å². The van der Waals surface area contributed by atoms with Crippen molar-refractivity contribution in [3.05, 3.63) is 92.9 Å². The topological polar surface area (TPSA) is 78.8 Å². The highest BCUT2D eigenvalue weighted by Gasteiger charge is 2.29. The van der Waals surface area contributed by atoms with Gasteiger partial charge in [0.05, 0.1) is 6.10 Å². The quantitative estimate of drug-likeness (QED) is 0.391. The van der Waals surface area contributed by atoms with Gasteiger partial charge in [0.2, 0.25) is 0 Å². The third-order valence-corrected chi connectivity index (χ3v) is 6.62. The number of ether oxygens (including phenoxy) is 1. The van der Waals surface area contributed by atoms with E-state index in [4.69, 9.17) is 16.3 Å². The molecule has 0 saturated carbocycles. The largest absolute Gasteiger partial charge is 0.449 e. The molecule has 1 aliphatic rings. The highest BCUT2D eigenvalue weighted by molar-refractivity contribution is 9.10. The number of carbonyl (C=O) groups is 1. The number of fused-ring (bicyclic) bond motifs is 3. The van der Waals surface area contributed by atoms with Crippen LogP contribution in [0.3, 0.4) is 0 Å². The van der Waals surface area contributed by atoms with E-state index >= 15 is 0 Å². The van der Waals surface area contributed by atoms with Gasteiger partial charge in [-0.05, 0) is 46.4 Å². The fraction of sp³-hybridized carbons (Fsp3) is 0.240. The van der Waals surface area contributed by atoms with Gasteiger partial charge >= 0.3 is 6.09 Å². The van der Waals surface area contributed by atoms with E-state index in [0.29, 0.717) is 15.1 Å². The van der Waals surface area contributed by atoms with E-state index in [0.717, 1.165) is 11.1 Å². The lowest BCUT2D eigenvalue weighted by atomic mass is 9.98. The van der Waals surface area contributed by atoms with Gasteiger partial charge in [-0.25, -0.2) is 4.79 Å². The second-order valence-electron chi connectivity index (χ2n) is 7.72. The molecule has 0 heterocycles. The SMILES string of the molecule is O=C(NCCC(O)C(O)c1ccc(Cl)cc1Br)OCC1c2ccccc2-c2ccccc21. The molecule has 1 aliphatic carbocycles. The molecule has 2 unspecified atom stereocenters. The van der Waals surface area contributed by atoms with Gasteiger partial charge in [0.25, 0.3) is 0 Å². The minimum Gasteiger partial charge on any atom is -0.449 e. The summed E-state index contributed by atoms with van der Waals surface area (Å²) in [6.07, 6.45) is -2.55. The van der Waals surface area contributed by atoms with Crippen LogP contribution >= 0.6 is 27.5 Å². The standard InChI is InChI=1S/C25H23BrClNO4/c26-22-13-15(27)9-10-20(22)24(30)23(29)11-12-28-25(31)32-14-21-18-7-3-1-5-16(18)17-6-2-4-8-19(17)21/h1-10,13,21,23-24,29-30H,11-12,14H2,(H,28,31). The van der Waals surface area contributed by atoms with Crippen LogP contribution in [0.25, 0.3) is 11.1 Å². The average Bonchev–Trinajstić information content (AvgIpc) is 3.11. The molecule has 5 nitrogen and oxygen atoms in total. The predicted octanol–water partition coefficient (Wildman–Crippen LogP) is 5.43. The second-order valence-corrected chi connectivity index (χ2v) is 9.01. The van der Waals surface area contributed by atoms with Gasteiger partial charge in [-0.1, -0.05) is 82.1 Å². The average molecular weight is 517 g/mol. The molecule has 0 fully saturated rings. The maximum atomic E-state index is 12.2. The summed E-state index contributed by atoms with van der Waals surface area (Å²) in [6, 6.07) is 21.2. The Balaban J connectivity index is 1.29. The van der Waals surface area contributed by atoms with E-state index in [1.807, 2.05) is 24.3 Å². The summed E-state index contributed by atoms with van der Waals surface area (Å²) in [5.74, 6) is -0.0113. The van der Waals surface area contributed by atoms with Crippen molar-refractivity contribution < 1.29 is 19.7 Å². The number of nitrogens with one attached hydrogen (secondary N) is 1. The van der Waals surface area contributed by atoms with Crippen molar-refractivity contribution in [1.82, 2.24) is 5.32 Å². The van der Waals surface area contributed by atoms with Gasteiger partial charge in [-0.15, -0.1) is 0 Å². The number of hydrogen-bond donors (Lipinski definition) is 3. The van der Waals surface area contributed by atoms with Crippen LogP contribution in [0.2, 0.25) is 5.02 Å². The highest BCUT2D eigenvalue weighted by Crippen LogP contribution is 2.44. The first-order valence-electron chi connectivity index (χ1n) is 10.4. The molecule has 3 aromatic carbocycles. The summed E-state index contributed by atoms with van der Waals surface area (Å²) in [5, 5.41) is 23.9. The monoisotopic (exact) mass is 515 g/mol. The molecule has 0 saturated heterocycles. The van der Waals surface area contributed by atoms with Gasteiger partial charge in [-0.2, -0.15) is 0 Å². The zero-order valence-corrected chi connectivity index (χ0v) is 19.5. The Morgan fingerprint density at radius 3 is 2.28 bits per heavy atom. The normalized spacial score (nSPS) is 14.4. The molecule has 3 N–H and O–H groups in total. The van der Waals surface area contributed by atoms with E-state index in [1.165, 1.54) is 11.1 Å². The molecule has 7 heteroatoms. The Labute approximate surface area is 200 Å². The second kappa shape index (κ2) is 10.0. The van der Waals surface area contributed by atoms with E-state index in [9.17, 15) is 15.0 Å². The number of aliphatic hydroxyl groups excluding tert-OH is 2. The number of benzene rings is 3. The lowest BCUT2D eigenvalue weighted by Crippen LogP contribution is -2.30. The first kappa shape index (κ1) is 22.8. The van der Waals surface area contributed by atoms with E-state index in [1.54, 1.807) is 18.2 Å². The van der Waals surface area contributed by atoms with Crippen molar-refractivity contribution in [2.75, 3.05) is 13.2 Å². The number of carbonyl (C=O) groups excluding carboxylic acids is 1. The van der Waals surface area contributed by atoms with Crippen LogP contribution in [-0.2, 0) is 4.74 Å². The lowest BCUT2D eigenvalue weighted by Gasteiger charge is -2.20. The lowest BCUT2D eigenvalue weighted by molar-refractivity contribution is 0.0132. The first-order chi connectivity index (χ1) is 15.5. The Hall–Kier alpha value is -2.38. The summed E-state index contributed by atoms with van der Waals surface area (Å²) in [5.41, 5.74) is 5.16. The molecule has 0 spiro atoms. The maximum Gasteiger partial charge on any atom is 0.407 e. The fourth-order valence-electron chi connectivity index (χ4n) is 4.08. The molecule has 0 bridgehead atoms. The van der Waals surface area contributed by atoms with Crippen molar-refractivity contribution in [3.63, 3.8) is 0 Å². The zero-order valence-electron chi connectivity index (χ0n) is 17.2. The summed E-state index contributed by atoms with van der Waals surface area (Å²) >= 11 is 9.25. The maximum absolute atomic E-state index is 12.2. The van der Waals surface area contributed by atoms with Gasteiger partial charge < -0.3 is 20.3 Å². The number of alkyl carbamates (subject to hydrolysis) is 1. The molecular formula is C25H23BrClNO4. The summed E-state index contributed by atoms with van der Waals surface area (Å²) < 4.78 is 6.09. The van der Waals surface area contributed by atoms with Crippen LogP contribution in [0.1, 0.15) is 35.1 Å². The number of hydrogen-bond acceptors (Lipinski definition) is 4. The van der Waals surface area contributed by atoms with Gasteiger partial charge in [-0.3, -0.25) is 0 Å². The minimum atomic E-state index is -1.11. The molecule has 0 aromatic heterocycles. The molecule has 32 heavy (non-hydrogen) atoms. The molecule has 2 atom stereocenters. The number of amides is 1. The number of rotatable bonds is 7. The highest BCUT2D eigenvalue weighted by atomic mass is 79.9. The zero-order chi connectivity index (χ0) is 22.7.